The van der Waals surface area contributed by atoms with Crippen molar-refractivity contribution in [1.82, 2.24) is 0 Å². The number of Topliss-reactive ketones (excluding diaryl/α,β-unsaturated/α-hetero) is 2. The first-order valence-corrected chi connectivity index (χ1v) is 13.3. The van der Waals surface area contributed by atoms with Gasteiger partial charge in [-0.25, -0.2) is 0 Å². The van der Waals surface area contributed by atoms with Crippen LogP contribution in [0, 0.1) is 24.7 Å². The molecule has 4 rings (SSSR count). The second kappa shape index (κ2) is 12.3. The van der Waals surface area contributed by atoms with Crippen LogP contribution in [0.3, 0.4) is 0 Å². The molecule has 0 fully saturated rings. The number of carbonyl (C=O) groups excluding carboxylic acids is 2. The third-order valence-corrected chi connectivity index (χ3v) is 8.26. The maximum atomic E-state index is 12.5. The van der Waals surface area contributed by atoms with Crippen LogP contribution in [0.5, 0.6) is 11.5 Å². The largest absolute Gasteiger partial charge is 0.504 e. The molecule has 0 radical (unpaired) electrons. The fourth-order valence-electron chi connectivity index (χ4n) is 6.34. The second-order valence-electron chi connectivity index (χ2n) is 10.5. The highest BCUT2D eigenvalue weighted by Gasteiger charge is 2.40. The van der Waals surface area contributed by atoms with Crippen LogP contribution >= 0.6 is 0 Å². The highest BCUT2D eigenvalue weighted by atomic mass is 16.5. The average Bonchev–Trinajstić information content (AvgIpc) is 2.91. The number of allylic oxidation sites excluding steroid dienone is 3. The summed E-state index contributed by atoms with van der Waals surface area (Å²) in [5.74, 6) is 1.61. The lowest BCUT2D eigenvalue weighted by atomic mass is 9.70. The van der Waals surface area contributed by atoms with E-state index in [1.54, 1.807) is 14.0 Å². The van der Waals surface area contributed by atoms with Crippen LogP contribution in [0.15, 0.2) is 28.5 Å². The minimum absolute atomic E-state index is 0.0515. The zero-order valence-electron chi connectivity index (χ0n) is 23.0. The van der Waals surface area contributed by atoms with Gasteiger partial charge in [-0.3, -0.25) is 9.59 Å². The predicted octanol–water partition coefficient (Wildman–Crippen LogP) is 4.54. The maximum Gasteiger partial charge on any atom is 0.224 e. The van der Waals surface area contributed by atoms with Crippen LogP contribution in [-0.4, -0.2) is 54.3 Å². The first-order chi connectivity index (χ1) is 17.7. The van der Waals surface area contributed by atoms with Crippen LogP contribution in [0.1, 0.15) is 75.5 Å². The number of methoxy groups -OCH3 is 2. The smallest absolute Gasteiger partial charge is 0.224 e. The molecule has 1 aromatic rings. The van der Waals surface area contributed by atoms with E-state index in [2.05, 4.69) is 13.0 Å². The van der Waals surface area contributed by atoms with Crippen molar-refractivity contribution in [1.29, 1.82) is 0 Å². The van der Waals surface area contributed by atoms with Crippen LogP contribution in [0.4, 0.5) is 0 Å². The number of rotatable bonds is 6. The molecule has 3 aliphatic carbocycles. The van der Waals surface area contributed by atoms with E-state index in [0.29, 0.717) is 46.5 Å². The molecular formula is C30H42O7. The van der Waals surface area contributed by atoms with E-state index in [1.807, 2.05) is 13.8 Å². The summed E-state index contributed by atoms with van der Waals surface area (Å²) in [6.45, 7) is 8.00. The summed E-state index contributed by atoms with van der Waals surface area (Å²) in [6, 6.07) is 2.10. The van der Waals surface area contributed by atoms with Crippen molar-refractivity contribution in [2.24, 2.45) is 17.8 Å². The van der Waals surface area contributed by atoms with Gasteiger partial charge in [0.25, 0.3) is 0 Å². The van der Waals surface area contributed by atoms with E-state index in [9.17, 15) is 24.9 Å². The Kier molecular flexibility index (Phi) is 9.59. The first-order valence-electron chi connectivity index (χ1n) is 13.3. The Morgan fingerprint density at radius 1 is 0.892 bits per heavy atom. The molecule has 0 saturated carbocycles. The highest BCUT2D eigenvalue weighted by Crippen LogP contribution is 2.47. The second-order valence-corrected chi connectivity index (χ2v) is 10.5. The van der Waals surface area contributed by atoms with Gasteiger partial charge >= 0.3 is 0 Å². The summed E-state index contributed by atoms with van der Waals surface area (Å²) < 4.78 is 10.4. The lowest BCUT2D eigenvalue weighted by Gasteiger charge is -2.34. The molecular weight excluding hydrogens is 472 g/mol. The summed E-state index contributed by atoms with van der Waals surface area (Å²) in [7, 11) is 3.02. The zero-order chi connectivity index (χ0) is 27.4. The van der Waals surface area contributed by atoms with E-state index >= 15 is 0 Å². The number of hydrogen-bond acceptors (Lipinski definition) is 7. The van der Waals surface area contributed by atoms with Crippen molar-refractivity contribution in [2.75, 3.05) is 27.4 Å². The number of carbonyl (C=O) groups is 2. The molecule has 0 aliphatic heterocycles. The van der Waals surface area contributed by atoms with Crippen molar-refractivity contribution < 1.29 is 34.4 Å². The maximum absolute atomic E-state index is 12.5. The van der Waals surface area contributed by atoms with Crippen LogP contribution in [0.25, 0.3) is 0 Å². The molecule has 4 atom stereocenters. The van der Waals surface area contributed by atoms with Gasteiger partial charge in [-0.2, -0.15) is 0 Å². The summed E-state index contributed by atoms with van der Waals surface area (Å²) >= 11 is 0. The molecule has 37 heavy (non-hydrogen) atoms. The van der Waals surface area contributed by atoms with Crippen LogP contribution in [-0.2, 0) is 20.7 Å². The molecule has 3 N–H and O–H groups in total. The van der Waals surface area contributed by atoms with E-state index in [4.69, 9.17) is 9.47 Å². The van der Waals surface area contributed by atoms with Crippen molar-refractivity contribution >= 4 is 11.6 Å². The summed E-state index contributed by atoms with van der Waals surface area (Å²) in [4.78, 5) is 24.8. The van der Waals surface area contributed by atoms with E-state index in [0.717, 1.165) is 43.2 Å². The fourth-order valence-corrected chi connectivity index (χ4v) is 6.34. The Labute approximate surface area is 220 Å². The number of aryl methyl sites for hydroxylation is 1. The summed E-state index contributed by atoms with van der Waals surface area (Å²) in [5, 5.41) is 29.1. The molecule has 0 saturated heterocycles. The molecule has 0 amide bonds. The van der Waals surface area contributed by atoms with Crippen molar-refractivity contribution in [3.63, 3.8) is 0 Å². The molecule has 1 aromatic carbocycles. The fraction of sp³-hybridized carbons (Fsp3) is 0.600. The zero-order valence-corrected chi connectivity index (χ0v) is 23.0. The Balaban J connectivity index is 0.000000206. The van der Waals surface area contributed by atoms with Gasteiger partial charge in [0, 0.05) is 35.5 Å². The summed E-state index contributed by atoms with van der Waals surface area (Å²) in [6.07, 6.45) is 4.83. The SMILES string of the molecule is CC[C@@H]1C[C@H](CO)CC2=C1C(=O)C(OC)=C(C)C2=O.CC[C@@H]1C[C@H](CO)Cc2cc(C)c(OC)c(O)c21. The van der Waals surface area contributed by atoms with E-state index < -0.39 is 0 Å². The Hall–Kier alpha value is -2.64. The van der Waals surface area contributed by atoms with Crippen LogP contribution < -0.4 is 4.74 Å². The van der Waals surface area contributed by atoms with Gasteiger partial charge in [0.1, 0.15) is 0 Å². The van der Waals surface area contributed by atoms with E-state index in [-0.39, 0.29) is 42.4 Å². The molecule has 0 aromatic heterocycles. The Morgan fingerprint density at radius 3 is 2.03 bits per heavy atom. The standard InChI is InChI=1S/C15H20O4.C15H22O3/c1-4-10-5-9(7-16)6-11-12(10)14(18)15(19-3)8(2)13(11)17;1-4-11-6-10(8-16)7-12-5-9(2)15(18-3)14(17)13(11)12/h9-10,16H,4-7H2,1-3H3;5,10-11,16-17H,4,6-8H2,1-3H3/t9-,10+;10-,11+/m00/s1. The van der Waals surface area contributed by atoms with Gasteiger partial charge in [-0.1, -0.05) is 19.9 Å². The quantitative estimate of drug-likeness (QED) is 0.478. The topological polar surface area (TPSA) is 113 Å². The average molecular weight is 515 g/mol. The van der Waals surface area contributed by atoms with Crippen molar-refractivity contribution in [2.45, 2.75) is 72.1 Å². The molecule has 7 heteroatoms. The summed E-state index contributed by atoms with van der Waals surface area (Å²) in [5.41, 5.74) is 4.77. The Morgan fingerprint density at radius 2 is 1.49 bits per heavy atom. The van der Waals surface area contributed by atoms with E-state index in [1.165, 1.54) is 12.7 Å². The molecule has 3 aliphatic rings. The van der Waals surface area contributed by atoms with Crippen molar-refractivity contribution in [3.8, 4) is 11.5 Å². The number of aromatic hydroxyl groups is 1. The number of fused-ring (bicyclic) bond motifs is 1. The van der Waals surface area contributed by atoms with Gasteiger partial charge in [0.2, 0.25) is 5.78 Å². The number of ketones is 2. The van der Waals surface area contributed by atoms with Gasteiger partial charge in [-0.05, 0) is 87.2 Å². The molecule has 0 unspecified atom stereocenters. The number of phenolic OH excluding ortho intramolecular Hbond substituents is 1. The Bertz CT molecular complexity index is 1100. The molecule has 204 valence electrons. The molecule has 7 nitrogen and oxygen atoms in total. The number of aliphatic hydroxyl groups is 2. The van der Waals surface area contributed by atoms with Gasteiger partial charge < -0.3 is 24.8 Å². The van der Waals surface area contributed by atoms with Gasteiger partial charge in [0.05, 0.1) is 14.2 Å². The molecule has 0 heterocycles. The van der Waals surface area contributed by atoms with Gasteiger partial charge in [0.15, 0.2) is 23.0 Å². The molecule has 0 bridgehead atoms. The van der Waals surface area contributed by atoms with Gasteiger partial charge in [-0.15, -0.1) is 0 Å². The number of benzene rings is 1. The predicted molar refractivity (Wildman–Crippen MR) is 142 cm³/mol. The van der Waals surface area contributed by atoms with Crippen LogP contribution in [0.2, 0.25) is 0 Å². The lowest BCUT2D eigenvalue weighted by Crippen LogP contribution is -2.33. The lowest BCUT2D eigenvalue weighted by molar-refractivity contribution is -0.119. The minimum Gasteiger partial charge on any atom is -0.504 e. The first kappa shape index (κ1) is 28.9. The monoisotopic (exact) mass is 514 g/mol. The third-order valence-electron chi connectivity index (χ3n) is 8.26. The normalized spacial score (nSPS) is 25.3. The number of aliphatic hydroxyl groups excluding tert-OH is 2. The molecule has 0 spiro atoms. The third kappa shape index (κ3) is 5.48. The number of phenols is 1. The number of hydrogen-bond donors (Lipinski definition) is 3. The number of ether oxygens (including phenoxy) is 2. The highest BCUT2D eigenvalue weighted by molar-refractivity contribution is 6.24. The van der Waals surface area contributed by atoms with Crippen molar-refractivity contribution in [3.05, 3.63) is 45.2 Å². The minimum atomic E-state index is -0.141.